The molecule has 3 aliphatic rings. The van der Waals surface area contributed by atoms with Crippen molar-refractivity contribution in [2.24, 2.45) is 5.92 Å². The fourth-order valence-electron chi connectivity index (χ4n) is 3.52. The first-order valence-electron chi connectivity index (χ1n) is 7.37. The van der Waals surface area contributed by atoms with Crippen LogP contribution in [0.25, 0.3) is 10.9 Å². The van der Waals surface area contributed by atoms with Gasteiger partial charge in [-0.25, -0.2) is 0 Å². The highest BCUT2D eigenvalue weighted by molar-refractivity contribution is 6.31. The molecule has 1 aromatic heterocycles. The van der Waals surface area contributed by atoms with E-state index >= 15 is 0 Å². The van der Waals surface area contributed by atoms with E-state index in [-0.39, 0.29) is 11.9 Å². The summed E-state index contributed by atoms with van der Waals surface area (Å²) in [4.78, 5) is 14.9. The number of nitrogens with one attached hydrogen (secondary N) is 2. The number of hydrogen-bond acceptors (Lipinski definition) is 3. The Morgan fingerprint density at radius 3 is 2.90 bits per heavy atom. The molecule has 2 bridgehead atoms. The fraction of sp³-hybridized carbons (Fsp3) is 0.467. The van der Waals surface area contributed by atoms with E-state index in [1.165, 1.54) is 12.8 Å². The third kappa shape index (κ3) is 2.30. The number of fused-ring (bicyclic) bond motifs is 4. The summed E-state index contributed by atoms with van der Waals surface area (Å²) in [6, 6.07) is 5.66. The fourth-order valence-corrected chi connectivity index (χ4v) is 3.70. The first kappa shape index (κ1) is 13.1. The SMILES string of the molecule is O=C(N[C@@H]1CN2CCC1CC2)c1n[nH]c2ccc(Cl)cc12. The smallest absolute Gasteiger partial charge is 0.272 e. The van der Waals surface area contributed by atoms with E-state index in [4.69, 9.17) is 11.6 Å². The Balaban J connectivity index is 1.57. The third-order valence-corrected chi connectivity index (χ3v) is 4.95. The van der Waals surface area contributed by atoms with Crippen molar-refractivity contribution in [2.45, 2.75) is 18.9 Å². The Morgan fingerprint density at radius 2 is 2.19 bits per heavy atom. The van der Waals surface area contributed by atoms with Gasteiger partial charge in [0.1, 0.15) is 0 Å². The van der Waals surface area contributed by atoms with E-state index in [1.807, 2.05) is 6.07 Å². The summed E-state index contributed by atoms with van der Waals surface area (Å²) in [5.74, 6) is 0.495. The molecular formula is C15H17ClN4O. The summed E-state index contributed by atoms with van der Waals surface area (Å²) in [5, 5.41) is 11.6. The minimum atomic E-state index is -0.109. The number of rotatable bonds is 2. The van der Waals surface area contributed by atoms with Gasteiger partial charge in [-0.15, -0.1) is 0 Å². The number of amides is 1. The monoisotopic (exact) mass is 304 g/mol. The molecule has 2 N–H and O–H groups in total. The van der Waals surface area contributed by atoms with Crippen molar-refractivity contribution in [3.8, 4) is 0 Å². The Kier molecular flexibility index (Phi) is 3.12. The molecule has 0 unspecified atom stereocenters. The number of aromatic amines is 1. The van der Waals surface area contributed by atoms with Crippen LogP contribution in [0.5, 0.6) is 0 Å². The average Bonchev–Trinajstić information content (AvgIpc) is 2.91. The van der Waals surface area contributed by atoms with Crippen molar-refractivity contribution in [2.75, 3.05) is 19.6 Å². The molecule has 4 heterocycles. The number of aromatic nitrogens is 2. The van der Waals surface area contributed by atoms with Crippen LogP contribution < -0.4 is 5.32 Å². The second-order valence-corrected chi connectivity index (χ2v) is 6.42. The van der Waals surface area contributed by atoms with E-state index in [2.05, 4.69) is 20.4 Å². The molecule has 1 amide bonds. The van der Waals surface area contributed by atoms with Gasteiger partial charge in [-0.05, 0) is 50.0 Å². The topological polar surface area (TPSA) is 61.0 Å². The summed E-state index contributed by atoms with van der Waals surface area (Å²) in [5.41, 5.74) is 1.27. The highest BCUT2D eigenvalue weighted by Crippen LogP contribution is 2.28. The zero-order valence-corrected chi connectivity index (χ0v) is 12.4. The van der Waals surface area contributed by atoms with Gasteiger partial charge in [0.25, 0.3) is 5.91 Å². The van der Waals surface area contributed by atoms with Crippen molar-refractivity contribution in [1.82, 2.24) is 20.4 Å². The van der Waals surface area contributed by atoms with Crippen molar-refractivity contribution >= 4 is 28.4 Å². The molecule has 0 saturated carbocycles. The van der Waals surface area contributed by atoms with Gasteiger partial charge < -0.3 is 10.2 Å². The normalized spacial score (nSPS) is 28.0. The molecule has 110 valence electrons. The van der Waals surface area contributed by atoms with Gasteiger partial charge in [-0.3, -0.25) is 9.89 Å². The molecule has 3 saturated heterocycles. The van der Waals surface area contributed by atoms with Crippen molar-refractivity contribution in [3.63, 3.8) is 0 Å². The van der Waals surface area contributed by atoms with Crippen LogP contribution in [-0.4, -0.2) is 46.7 Å². The van der Waals surface area contributed by atoms with Crippen LogP contribution in [0.4, 0.5) is 0 Å². The standard InChI is InChI=1S/C15H17ClN4O/c16-10-1-2-12-11(7-10)14(19-18-12)15(21)17-13-8-20-5-3-9(13)4-6-20/h1-2,7,9,13H,3-6,8H2,(H,17,21)(H,18,19)/t13-/m1/s1. The minimum Gasteiger partial charge on any atom is -0.346 e. The van der Waals surface area contributed by atoms with Crippen LogP contribution in [0.2, 0.25) is 5.02 Å². The van der Waals surface area contributed by atoms with Crippen molar-refractivity contribution in [3.05, 3.63) is 28.9 Å². The van der Waals surface area contributed by atoms with Crippen LogP contribution in [0.15, 0.2) is 18.2 Å². The van der Waals surface area contributed by atoms with E-state index in [1.54, 1.807) is 12.1 Å². The van der Waals surface area contributed by atoms with Gasteiger partial charge in [0.15, 0.2) is 5.69 Å². The van der Waals surface area contributed by atoms with Gasteiger partial charge in [-0.1, -0.05) is 11.6 Å². The lowest BCUT2D eigenvalue weighted by Gasteiger charge is -2.44. The molecule has 1 aromatic carbocycles. The lowest BCUT2D eigenvalue weighted by molar-refractivity contribution is 0.0618. The van der Waals surface area contributed by atoms with E-state index in [0.29, 0.717) is 16.6 Å². The van der Waals surface area contributed by atoms with Crippen LogP contribution >= 0.6 is 11.6 Å². The molecule has 0 radical (unpaired) electrons. The molecule has 6 heteroatoms. The summed E-state index contributed by atoms with van der Waals surface area (Å²) in [6.45, 7) is 3.29. The zero-order valence-electron chi connectivity index (χ0n) is 11.6. The van der Waals surface area contributed by atoms with Gasteiger partial charge in [-0.2, -0.15) is 5.10 Å². The Hall–Kier alpha value is -1.59. The predicted octanol–water partition coefficient (Wildman–Crippen LogP) is 2.04. The van der Waals surface area contributed by atoms with E-state index in [0.717, 1.165) is 30.5 Å². The average molecular weight is 305 g/mol. The maximum absolute atomic E-state index is 12.5. The number of carbonyl (C=O) groups is 1. The number of piperidine rings is 3. The summed E-state index contributed by atoms with van der Waals surface area (Å²) < 4.78 is 0. The van der Waals surface area contributed by atoms with Crippen molar-refractivity contribution in [1.29, 1.82) is 0 Å². The first-order valence-corrected chi connectivity index (χ1v) is 7.75. The summed E-state index contributed by atoms with van der Waals surface area (Å²) in [7, 11) is 0. The Labute approximate surface area is 127 Å². The number of H-pyrrole nitrogens is 1. The lowest BCUT2D eigenvalue weighted by atomic mass is 9.84. The number of hydrogen-bond donors (Lipinski definition) is 2. The Morgan fingerprint density at radius 1 is 1.38 bits per heavy atom. The molecule has 2 aromatic rings. The van der Waals surface area contributed by atoms with Crippen LogP contribution in [0.1, 0.15) is 23.3 Å². The second kappa shape index (κ2) is 5.00. The predicted molar refractivity (Wildman–Crippen MR) is 81.5 cm³/mol. The highest BCUT2D eigenvalue weighted by Gasteiger charge is 2.35. The lowest BCUT2D eigenvalue weighted by Crippen LogP contribution is -2.57. The number of benzene rings is 1. The van der Waals surface area contributed by atoms with Crippen LogP contribution in [0, 0.1) is 5.92 Å². The maximum Gasteiger partial charge on any atom is 0.272 e. The number of carbonyl (C=O) groups excluding carboxylic acids is 1. The van der Waals surface area contributed by atoms with Gasteiger partial charge >= 0.3 is 0 Å². The molecule has 0 aliphatic carbocycles. The second-order valence-electron chi connectivity index (χ2n) is 5.98. The molecule has 0 spiro atoms. The largest absolute Gasteiger partial charge is 0.346 e. The summed E-state index contributed by atoms with van der Waals surface area (Å²) in [6.07, 6.45) is 2.36. The molecule has 21 heavy (non-hydrogen) atoms. The quantitative estimate of drug-likeness (QED) is 0.892. The van der Waals surface area contributed by atoms with Gasteiger partial charge in [0.05, 0.1) is 5.52 Å². The Bertz CT molecular complexity index is 690. The third-order valence-electron chi connectivity index (χ3n) is 4.71. The zero-order chi connectivity index (χ0) is 14.4. The molecule has 3 aliphatic heterocycles. The number of halogens is 1. The van der Waals surface area contributed by atoms with E-state index < -0.39 is 0 Å². The molecule has 1 atom stereocenters. The maximum atomic E-state index is 12.5. The number of nitrogens with zero attached hydrogens (tertiary/aromatic N) is 2. The van der Waals surface area contributed by atoms with E-state index in [9.17, 15) is 4.79 Å². The minimum absolute atomic E-state index is 0.109. The van der Waals surface area contributed by atoms with Crippen LogP contribution in [-0.2, 0) is 0 Å². The molecule has 5 rings (SSSR count). The van der Waals surface area contributed by atoms with Gasteiger partial charge in [0.2, 0.25) is 0 Å². The first-order chi connectivity index (χ1) is 10.2. The van der Waals surface area contributed by atoms with Crippen LogP contribution in [0.3, 0.4) is 0 Å². The highest BCUT2D eigenvalue weighted by atomic mass is 35.5. The summed E-state index contributed by atoms with van der Waals surface area (Å²) >= 11 is 6.02. The molecule has 5 nitrogen and oxygen atoms in total. The van der Waals surface area contributed by atoms with Crippen molar-refractivity contribution < 1.29 is 4.79 Å². The molecule has 3 fully saturated rings. The molecular weight excluding hydrogens is 288 g/mol. The van der Waals surface area contributed by atoms with Gasteiger partial charge in [0, 0.05) is 23.0 Å².